The minimum absolute atomic E-state index is 0.469. The van der Waals surface area contributed by atoms with Crippen molar-refractivity contribution in [3.05, 3.63) is 72.6 Å². The first-order valence-electron chi connectivity index (χ1n) is 11.6. The lowest BCUT2D eigenvalue weighted by Crippen LogP contribution is -2.49. The van der Waals surface area contributed by atoms with Gasteiger partial charge in [-0.05, 0) is 48.9 Å². The molecule has 5 rings (SSSR count). The van der Waals surface area contributed by atoms with Gasteiger partial charge in [0.25, 0.3) is 0 Å². The van der Waals surface area contributed by atoms with E-state index in [9.17, 15) is 8.42 Å². The second kappa shape index (κ2) is 9.55. The van der Waals surface area contributed by atoms with E-state index >= 15 is 0 Å². The quantitative estimate of drug-likeness (QED) is 0.364. The topological polar surface area (TPSA) is 104 Å². The molecule has 1 saturated heterocycles. The van der Waals surface area contributed by atoms with Crippen LogP contribution < -0.4 is 20.3 Å². The molecule has 9 nitrogen and oxygen atoms in total. The van der Waals surface area contributed by atoms with Gasteiger partial charge in [-0.25, -0.2) is 13.4 Å². The lowest BCUT2D eigenvalue weighted by atomic mass is 10.2. The molecule has 3 N–H and O–H groups in total. The Hall–Kier alpha value is -3.63. The third-order valence-electron chi connectivity index (χ3n) is 6.01. The molecule has 2 aromatic heterocycles. The monoisotopic (exact) mass is 491 g/mol. The summed E-state index contributed by atoms with van der Waals surface area (Å²) < 4.78 is 28.1. The molecule has 0 amide bonds. The van der Waals surface area contributed by atoms with Crippen LogP contribution in [-0.4, -0.2) is 54.9 Å². The van der Waals surface area contributed by atoms with Crippen LogP contribution in [0.2, 0.25) is 0 Å². The van der Waals surface area contributed by atoms with Crippen molar-refractivity contribution in [2.75, 3.05) is 40.8 Å². The van der Waals surface area contributed by atoms with E-state index in [1.54, 1.807) is 12.3 Å². The van der Waals surface area contributed by atoms with Crippen molar-refractivity contribution in [2.24, 2.45) is 0 Å². The molecular formula is C25H29N7O2S. The average molecular weight is 492 g/mol. The number of hydrogen-bond donors (Lipinski definition) is 3. The van der Waals surface area contributed by atoms with Gasteiger partial charge in [-0.2, -0.15) is 4.98 Å². The molecule has 0 aliphatic carbocycles. The summed E-state index contributed by atoms with van der Waals surface area (Å²) in [5.74, 6) is 0.503. The predicted molar refractivity (Wildman–Crippen MR) is 141 cm³/mol. The smallest absolute Gasteiger partial charge is 0.229 e. The zero-order valence-electron chi connectivity index (χ0n) is 19.8. The second-order valence-electron chi connectivity index (χ2n) is 8.92. The largest absolute Gasteiger partial charge is 0.369 e. The van der Waals surface area contributed by atoms with E-state index in [1.807, 2.05) is 47.2 Å². The molecule has 10 heteroatoms. The lowest BCUT2D eigenvalue weighted by molar-refractivity contribution is 0.485. The third-order valence-corrected chi connectivity index (χ3v) is 6.60. The predicted octanol–water partition coefficient (Wildman–Crippen LogP) is 3.39. The SMILES string of the molecule is C[C@@H]1CN(c2ccc(Nc3ncc4ccn(Cc5ccccc5NS(C)(=O)=O)c4n3)cc2)CCN1. The summed E-state index contributed by atoms with van der Waals surface area (Å²) in [5, 5.41) is 7.68. The van der Waals surface area contributed by atoms with Gasteiger partial charge in [-0.3, -0.25) is 4.72 Å². The Morgan fingerprint density at radius 3 is 2.69 bits per heavy atom. The Labute approximate surface area is 205 Å². The van der Waals surface area contributed by atoms with Gasteiger partial charge in [0.15, 0.2) is 0 Å². The third kappa shape index (κ3) is 5.55. The van der Waals surface area contributed by atoms with E-state index in [4.69, 9.17) is 4.98 Å². The Kier molecular flexibility index (Phi) is 6.31. The standard InChI is InChI=1S/C25H29N7O2S/c1-18-16-31(14-12-26-18)22-9-7-21(8-10-22)28-25-27-15-19-11-13-32(24(19)29-25)17-20-5-3-4-6-23(20)30-35(2,33)34/h3-11,13,15,18,26,30H,12,14,16-17H2,1-2H3,(H,27,28,29)/t18-/m1/s1. The van der Waals surface area contributed by atoms with Crippen molar-refractivity contribution in [1.29, 1.82) is 0 Å². The molecule has 0 unspecified atom stereocenters. The Balaban J connectivity index is 1.35. The van der Waals surface area contributed by atoms with E-state index in [1.165, 1.54) is 5.69 Å². The lowest BCUT2D eigenvalue weighted by Gasteiger charge is -2.33. The van der Waals surface area contributed by atoms with Crippen LogP contribution in [0.25, 0.3) is 11.0 Å². The molecule has 1 aliphatic heterocycles. The fourth-order valence-electron chi connectivity index (χ4n) is 4.35. The van der Waals surface area contributed by atoms with Gasteiger partial charge in [-0.1, -0.05) is 18.2 Å². The molecule has 1 aliphatic rings. The minimum Gasteiger partial charge on any atom is -0.369 e. The van der Waals surface area contributed by atoms with Crippen molar-refractivity contribution >= 4 is 44.1 Å². The molecule has 2 aromatic carbocycles. The summed E-state index contributed by atoms with van der Waals surface area (Å²) in [6.07, 6.45) is 4.87. The van der Waals surface area contributed by atoms with Crippen LogP contribution in [0.1, 0.15) is 12.5 Å². The number of aromatic nitrogens is 3. The maximum absolute atomic E-state index is 11.8. The van der Waals surface area contributed by atoms with Gasteiger partial charge in [0.05, 0.1) is 18.5 Å². The van der Waals surface area contributed by atoms with Gasteiger partial charge in [0, 0.05) is 54.8 Å². The number of benzene rings is 2. The van der Waals surface area contributed by atoms with Crippen molar-refractivity contribution in [3.63, 3.8) is 0 Å². The fourth-order valence-corrected chi connectivity index (χ4v) is 4.95. The highest BCUT2D eigenvalue weighted by molar-refractivity contribution is 7.92. The van der Waals surface area contributed by atoms with Crippen molar-refractivity contribution in [2.45, 2.75) is 19.5 Å². The minimum atomic E-state index is -3.38. The van der Waals surface area contributed by atoms with E-state index < -0.39 is 10.0 Å². The molecule has 1 fully saturated rings. The molecule has 4 aromatic rings. The Morgan fingerprint density at radius 1 is 1.11 bits per heavy atom. The van der Waals surface area contributed by atoms with Crippen LogP contribution in [0, 0.1) is 0 Å². The van der Waals surface area contributed by atoms with Crippen molar-refractivity contribution < 1.29 is 8.42 Å². The molecule has 182 valence electrons. The van der Waals surface area contributed by atoms with Gasteiger partial charge in [0.1, 0.15) is 5.65 Å². The number of nitrogens with one attached hydrogen (secondary N) is 3. The molecule has 0 radical (unpaired) electrons. The van der Waals surface area contributed by atoms with Crippen LogP contribution in [0.3, 0.4) is 0 Å². The van der Waals surface area contributed by atoms with E-state index in [-0.39, 0.29) is 0 Å². The molecule has 0 bridgehead atoms. The fraction of sp³-hybridized carbons (Fsp3) is 0.280. The first-order chi connectivity index (χ1) is 16.8. The van der Waals surface area contributed by atoms with Crippen LogP contribution in [-0.2, 0) is 16.6 Å². The Bertz CT molecular complexity index is 1430. The van der Waals surface area contributed by atoms with Crippen LogP contribution >= 0.6 is 0 Å². The van der Waals surface area contributed by atoms with Crippen molar-refractivity contribution in [3.8, 4) is 0 Å². The molecule has 1 atom stereocenters. The Morgan fingerprint density at radius 2 is 1.91 bits per heavy atom. The summed E-state index contributed by atoms with van der Waals surface area (Å²) in [7, 11) is -3.38. The van der Waals surface area contributed by atoms with Crippen LogP contribution in [0.4, 0.5) is 23.0 Å². The average Bonchev–Trinajstić information content (AvgIpc) is 3.22. The van der Waals surface area contributed by atoms with E-state index in [2.05, 4.69) is 44.3 Å². The number of piperazine rings is 1. The number of rotatable bonds is 7. The van der Waals surface area contributed by atoms with Gasteiger partial charge in [-0.15, -0.1) is 0 Å². The van der Waals surface area contributed by atoms with Gasteiger partial charge >= 0.3 is 0 Å². The number of nitrogens with zero attached hydrogens (tertiary/aromatic N) is 4. The maximum atomic E-state index is 11.8. The maximum Gasteiger partial charge on any atom is 0.229 e. The second-order valence-corrected chi connectivity index (χ2v) is 10.7. The molecular weight excluding hydrogens is 462 g/mol. The number of fused-ring (bicyclic) bond motifs is 1. The van der Waals surface area contributed by atoms with Gasteiger partial charge < -0.3 is 20.1 Å². The number of anilines is 4. The summed E-state index contributed by atoms with van der Waals surface area (Å²) in [5.41, 5.74) is 4.29. The molecule has 3 heterocycles. The molecule has 0 saturated carbocycles. The van der Waals surface area contributed by atoms with Crippen molar-refractivity contribution in [1.82, 2.24) is 19.9 Å². The summed E-state index contributed by atoms with van der Waals surface area (Å²) >= 11 is 0. The highest BCUT2D eigenvalue weighted by Gasteiger charge is 2.16. The number of hydrogen-bond acceptors (Lipinski definition) is 7. The zero-order valence-corrected chi connectivity index (χ0v) is 20.6. The molecule has 35 heavy (non-hydrogen) atoms. The van der Waals surface area contributed by atoms with Gasteiger partial charge in [0.2, 0.25) is 16.0 Å². The first kappa shape index (κ1) is 23.1. The summed E-state index contributed by atoms with van der Waals surface area (Å²) in [4.78, 5) is 11.6. The first-order valence-corrected chi connectivity index (χ1v) is 13.5. The molecule has 0 spiro atoms. The number of para-hydroxylation sites is 1. The van der Waals surface area contributed by atoms with E-state index in [0.717, 1.165) is 48.2 Å². The van der Waals surface area contributed by atoms with Crippen LogP contribution in [0.15, 0.2) is 67.0 Å². The highest BCUT2D eigenvalue weighted by Crippen LogP contribution is 2.24. The summed E-state index contributed by atoms with van der Waals surface area (Å²) in [6.45, 7) is 5.65. The van der Waals surface area contributed by atoms with E-state index in [0.29, 0.717) is 24.2 Å². The number of sulfonamides is 1. The normalized spacial score (nSPS) is 16.4. The van der Waals surface area contributed by atoms with Crippen LogP contribution in [0.5, 0.6) is 0 Å². The zero-order chi connectivity index (χ0) is 24.4. The highest BCUT2D eigenvalue weighted by atomic mass is 32.2. The summed E-state index contributed by atoms with van der Waals surface area (Å²) in [6, 6.07) is 18.1.